The molecule has 0 bridgehead atoms. The molecule has 1 atom stereocenters. The lowest BCUT2D eigenvalue weighted by molar-refractivity contribution is 0.188. The van der Waals surface area contributed by atoms with Crippen LogP contribution < -0.4 is 20.1 Å². The Kier molecular flexibility index (Phi) is 10.4. The summed E-state index contributed by atoms with van der Waals surface area (Å²) in [5.74, 6) is 0.184. The summed E-state index contributed by atoms with van der Waals surface area (Å²) in [5.41, 5.74) is 0.950. The maximum Gasteiger partial charge on any atom is 0.200 e. The van der Waals surface area contributed by atoms with Crippen molar-refractivity contribution in [2.24, 2.45) is 4.99 Å². The van der Waals surface area contributed by atoms with Crippen LogP contribution >= 0.6 is 24.0 Å². The number of likely N-dealkylation sites (tertiary alicyclic amines) is 1. The first-order chi connectivity index (χ1) is 15.4. The van der Waals surface area contributed by atoms with Gasteiger partial charge in [-0.2, -0.15) is 0 Å². The van der Waals surface area contributed by atoms with Crippen molar-refractivity contribution in [1.82, 2.24) is 15.5 Å². The number of methoxy groups -OCH3 is 2. The van der Waals surface area contributed by atoms with Crippen LogP contribution in [0.5, 0.6) is 17.2 Å². The Morgan fingerprint density at radius 1 is 1.18 bits per heavy atom. The number of benzene rings is 2. The number of nitrogens with one attached hydrogen (secondary N) is 2. The summed E-state index contributed by atoms with van der Waals surface area (Å²) in [6, 6.07) is 7.50. The fourth-order valence-corrected chi connectivity index (χ4v) is 3.85. The molecule has 0 radical (unpaired) electrons. The summed E-state index contributed by atoms with van der Waals surface area (Å²) in [6.45, 7) is 2.10. The summed E-state index contributed by atoms with van der Waals surface area (Å²) < 4.78 is 38.4. The number of phenolic OH excluding ortho intramolecular Hbond substituents is 1. The van der Waals surface area contributed by atoms with Crippen molar-refractivity contribution in [3.8, 4) is 17.2 Å². The zero-order valence-electron chi connectivity index (χ0n) is 19.0. The third kappa shape index (κ3) is 7.07. The minimum Gasteiger partial charge on any atom is -0.502 e. The Labute approximate surface area is 210 Å². The first-order valence-corrected chi connectivity index (χ1v) is 10.5. The van der Waals surface area contributed by atoms with Crippen LogP contribution in [0.1, 0.15) is 24.0 Å². The van der Waals surface area contributed by atoms with Crippen LogP contribution in [0, 0.1) is 11.6 Å². The second-order valence-electron chi connectivity index (χ2n) is 7.69. The summed E-state index contributed by atoms with van der Waals surface area (Å²) in [6.07, 6.45) is 1.84. The molecule has 3 N–H and O–H groups in total. The van der Waals surface area contributed by atoms with Crippen LogP contribution in [-0.4, -0.2) is 56.4 Å². The second-order valence-corrected chi connectivity index (χ2v) is 7.69. The van der Waals surface area contributed by atoms with Crippen molar-refractivity contribution in [3.05, 3.63) is 53.1 Å². The molecule has 2 aromatic rings. The van der Waals surface area contributed by atoms with Gasteiger partial charge in [0.15, 0.2) is 17.5 Å². The number of aliphatic imine (C=N–C) groups is 1. The normalized spacial score (nSPS) is 16.6. The quantitative estimate of drug-likeness (QED) is 0.266. The van der Waals surface area contributed by atoms with Crippen molar-refractivity contribution in [3.63, 3.8) is 0 Å². The van der Waals surface area contributed by atoms with Gasteiger partial charge < -0.3 is 25.2 Å². The fourth-order valence-electron chi connectivity index (χ4n) is 3.85. The highest BCUT2D eigenvalue weighted by atomic mass is 127. The van der Waals surface area contributed by atoms with Crippen LogP contribution in [0.25, 0.3) is 0 Å². The molecule has 1 heterocycles. The van der Waals surface area contributed by atoms with E-state index in [0.29, 0.717) is 30.5 Å². The number of phenols is 1. The molecule has 0 aliphatic carbocycles. The van der Waals surface area contributed by atoms with Crippen molar-refractivity contribution in [2.45, 2.75) is 32.0 Å². The highest BCUT2D eigenvalue weighted by Crippen LogP contribution is 2.37. The van der Waals surface area contributed by atoms with Gasteiger partial charge in [0.05, 0.1) is 14.2 Å². The molecule has 10 heteroatoms. The van der Waals surface area contributed by atoms with Crippen LogP contribution in [0.15, 0.2) is 35.3 Å². The van der Waals surface area contributed by atoms with Gasteiger partial charge in [-0.15, -0.1) is 24.0 Å². The van der Waals surface area contributed by atoms with Gasteiger partial charge in [0, 0.05) is 38.3 Å². The fraction of sp³-hybridized carbons (Fsp3) is 0.435. The summed E-state index contributed by atoms with van der Waals surface area (Å²) in [7, 11) is 4.64. The number of ether oxygens (including phenoxy) is 2. The van der Waals surface area contributed by atoms with Crippen LogP contribution in [0.4, 0.5) is 8.78 Å². The van der Waals surface area contributed by atoms with E-state index in [1.165, 1.54) is 32.4 Å². The highest BCUT2D eigenvalue weighted by molar-refractivity contribution is 14.0. The summed E-state index contributed by atoms with van der Waals surface area (Å²) in [4.78, 5) is 6.33. The van der Waals surface area contributed by atoms with E-state index in [1.54, 1.807) is 19.2 Å². The predicted octanol–water partition coefficient (Wildman–Crippen LogP) is 3.64. The second kappa shape index (κ2) is 12.8. The van der Waals surface area contributed by atoms with Crippen molar-refractivity contribution < 1.29 is 23.4 Å². The molecule has 1 fully saturated rings. The van der Waals surface area contributed by atoms with E-state index in [4.69, 9.17) is 9.47 Å². The van der Waals surface area contributed by atoms with Gasteiger partial charge in [-0.05, 0) is 49.2 Å². The number of nitrogens with zero attached hydrogens (tertiary/aromatic N) is 2. The molecule has 3 rings (SSSR count). The van der Waals surface area contributed by atoms with Crippen molar-refractivity contribution >= 4 is 29.9 Å². The first-order valence-electron chi connectivity index (χ1n) is 10.5. The zero-order chi connectivity index (χ0) is 23.1. The minimum absolute atomic E-state index is 0. The standard InChI is InChI=1S/C23H30F2N4O3.HI/c1-26-23(27-12-15-10-20(31-2)22(30)21(11-15)32-3)28-16-6-5-9-29(13-16)14-17-18(24)7-4-8-19(17)25;/h4,7-8,10-11,16,30H,5-6,9,12-14H2,1-3H3,(H2,26,27,28);1H. The lowest BCUT2D eigenvalue weighted by atomic mass is 10.0. The molecular weight excluding hydrogens is 545 g/mol. The molecule has 182 valence electrons. The number of hydrogen-bond acceptors (Lipinski definition) is 5. The third-order valence-corrected chi connectivity index (χ3v) is 5.51. The Balaban J connectivity index is 0.00000385. The number of rotatable bonds is 7. The molecule has 1 unspecified atom stereocenters. The average Bonchev–Trinajstić information content (AvgIpc) is 2.80. The third-order valence-electron chi connectivity index (χ3n) is 5.51. The van der Waals surface area contributed by atoms with Crippen LogP contribution in [0.3, 0.4) is 0 Å². The SMILES string of the molecule is CN=C(NCc1cc(OC)c(O)c(OC)c1)NC1CCCN(Cc2c(F)cccc2F)C1.I. The van der Waals surface area contributed by atoms with E-state index in [-0.39, 0.29) is 47.9 Å². The molecule has 0 aromatic heterocycles. The van der Waals surface area contributed by atoms with Gasteiger partial charge in [0.25, 0.3) is 0 Å². The van der Waals surface area contributed by atoms with Gasteiger partial charge in [-0.25, -0.2) is 8.78 Å². The molecule has 0 amide bonds. The maximum absolute atomic E-state index is 14.0. The molecule has 0 saturated carbocycles. The van der Waals surface area contributed by atoms with Crippen LogP contribution in [-0.2, 0) is 13.1 Å². The monoisotopic (exact) mass is 576 g/mol. The zero-order valence-corrected chi connectivity index (χ0v) is 21.4. The van der Waals surface area contributed by atoms with E-state index in [9.17, 15) is 13.9 Å². The minimum atomic E-state index is -0.516. The van der Waals surface area contributed by atoms with E-state index in [0.717, 1.165) is 24.9 Å². The lowest BCUT2D eigenvalue weighted by Crippen LogP contribution is -2.50. The Hall–Kier alpha value is -2.34. The Morgan fingerprint density at radius 2 is 1.82 bits per heavy atom. The number of halogens is 3. The number of hydrogen-bond donors (Lipinski definition) is 3. The molecule has 1 aliphatic heterocycles. The number of piperidine rings is 1. The average molecular weight is 576 g/mol. The smallest absolute Gasteiger partial charge is 0.200 e. The van der Waals surface area contributed by atoms with E-state index in [1.807, 2.05) is 4.90 Å². The molecule has 0 spiro atoms. The summed E-state index contributed by atoms with van der Waals surface area (Å²) in [5, 5.41) is 16.7. The summed E-state index contributed by atoms with van der Waals surface area (Å²) >= 11 is 0. The lowest BCUT2D eigenvalue weighted by Gasteiger charge is -2.34. The molecule has 33 heavy (non-hydrogen) atoms. The van der Waals surface area contributed by atoms with Gasteiger partial charge in [0.1, 0.15) is 11.6 Å². The van der Waals surface area contributed by atoms with Gasteiger partial charge in [0.2, 0.25) is 5.75 Å². The first kappa shape index (κ1) is 26.9. The maximum atomic E-state index is 14.0. The Morgan fingerprint density at radius 3 is 2.39 bits per heavy atom. The van der Waals surface area contributed by atoms with Crippen molar-refractivity contribution in [2.75, 3.05) is 34.4 Å². The predicted molar refractivity (Wildman–Crippen MR) is 135 cm³/mol. The largest absolute Gasteiger partial charge is 0.502 e. The molecule has 2 aromatic carbocycles. The van der Waals surface area contributed by atoms with Crippen molar-refractivity contribution in [1.29, 1.82) is 0 Å². The van der Waals surface area contributed by atoms with Gasteiger partial charge in [-0.1, -0.05) is 6.07 Å². The van der Waals surface area contributed by atoms with E-state index in [2.05, 4.69) is 15.6 Å². The number of guanidine groups is 1. The van der Waals surface area contributed by atoms with Crippen LogP contribution in [0.2, 0.25) is 0 Å². The number of aromatic hydroxyl groups is 1. The Bertz CT molecular complexity index is 916. The molecular formula is C23H31F2IN4O3. The highest BCUT2D eigenvalue weighted by Gasteiger charge is 2.23. The van der Waals surface area contributed by atoms with Gasteiger partial charge >= 0.3 is 0 Å². The molecule has 1 saturated heterocycles. The topological polar surface area (TPSA) is 78.4 Å². The molecule has 7 nitrogen and oxygen atoms in total. The van der Waals surface area contributed by atoms with E-state index >= 15 is 0 Å². The van der Waals surface area contributed by atoms with E-state index < -0.39 is 11.6 Å². The van der Waals surface area contributed by atoms with Gasteiger partial charge in [-0.3, -0.25) is 9.89 Å². The molecule has 1 aliphatic rings.